The minimum atomic E-state index is -1.01. The van der Waals surface area contributed by atoms with Gasteiger partial charge in [-0.3, -0.25) is 9.59 Å². The molecule has 2 aliphatic heterocycles. The summed E-state index contributed by atoms with van der Waals surface area (Å²) >= 11 is 0. The first kappa shape index (κ1) is 24.0. The van der Waals surface area contributed by atoms with Crippen LogP contribution in [0.25, 0.3) is 0 Å². The molecule has 2 aliphatic rings. The number of benzene rings is 3. The van der Waals surface area contributed by atoms with Gasteiger partial charge >= 0.3 is 6.03 Å². The van der Waals surface area contributed by atoms with Crippen molar-refractivity contribution in [1.29, 1.82) is 0 Å². The number of anilines is 2. The van der Waals surface area contributed by atoms with Gasteiger partial charge in [0.1, 0.15) is 17.5 Å². The Labute approximate surface area is 213 Å². The lowest BCUT2D eigenvalue weighted by molar-refractivity contribution is -0.124. The number of fused-ring (bicyclic) bond motifs is 1. The summed E-state index contributed by atoms with van der Waals surface area (Å²) in [6.45, 7) is 0.222. The highest BCUT2D eigenvalue weighted by Crippen LogP contribution is 2.35. The van der Waals surface area contributed by atoms with E-state index in [1.165, 1.54) is 12.0 Å². The molecule has 1 N–H and O–H groups in total. The molecule has 5 rings (SSSR count). The van der Waals surface area contributed by atoms with Crippen molar-refractivity contribution < 1.29 is 33.3 Å². The van der Waals surface area contributed by atoms with Gasteiger partial charge in [0.05, 0.1) is 26.3 Å². The first-order chi connectivity index (χ1) is 18.0. The van der Waals surface area contributed by atoms with E-state index in [1.54, 1.807) is 73.8 Å². The molecule has 37 heavy (non-hydrogen) atoms. The van der Waals surface area contributed by atoms with Crippen LogP contribution in [0.1, 0.15) is 12.0 Å². The van der Waals surface area contributed by atoms with Gasteiger partial charge in [-0.05, 0) is 54.1 Å². The second-order valence-electron chi connectivity index (χ2n) is 8.47. The average Bonchev–Trinajstić information content (AvgIpc) is 3.47. The summed E-state index contributed by atoms with van der Waals surface area (Å²) < 4.78 is 21.2. The number of urea groups is 1. The van der Waals surface area contributed by atoms with Crippen LogP contribution < -0.4 is 29.2 Å². The largest absolute Gasteiger partial charge is 0.497 e. The van der Waals surface area contributed by atoms with Gasteiger partial charge in [0.15, 0.2) is 11.5 Å². The van der Waals surface area contributed by atoms with Gasteiger partial charge in [-0.2, -0.15) is 0 Å². The lowest BCUT2D eigenvalue weighted by Gasteiger charge is -2.22. The van der Waals surface area contributed by atoms with Crippen molar-refractivity contribution in [3.8, 4) is 23.0 Å². The van der Waals surface area contributed by atoms with Crippen LogP contribution in [0.2, 0.25) is 0 Å². The first-order valence-electron chi connectivity index (χ1n) is 11.6. The van der Waals surface area contributed by atoms with Crippen molar-refractivity contribution in [3.63, 3.8) is 0 Å². The number of amides is 4. The molecule has 0 spiro atoms. The zero-order valence-corrected chi connectivity index (χ0v) is 20.3. The monoisotopic (exact) mass is 503 g/mol. The van der Waals surface area contributed by atoms with Crippen molar-refractivity contribution in [2.75, 3.05) is 31.2 Å². The third-order valence-electron chi connectivity index (χ3n) is 6.17. The van der Waals surface area contributed by atoms with Gasteiger partial charge in [0, 0.05) is 18.3 Å². The molecular weight excluding hydrogens is 478 g/mol. The molecule has 0 radical (unpaired) electrons. The molecule has 1 fully saturated rings. The highest BCUT2D eigenvalue weighted by molar-refractivity contribution is 6.22. The normalized spacial score (nSPS) is 16.2. The van der Waals surface area contributed by atoms with Crippen LogP contribution in [0.15, 0.2) is 66.7 Å². The Balaban J connectivity index is 1.41. The van der Waals surface area contributed by atoms with Crippen LogP contribution >= 0.6 is 0 Å². The third kappa shape index (κ3) is 4.86. The first-order valence-corrected chi connectivity index (χ1v) is 11.6. The molecule has 4 amide bonds. The average molecular weight is 504 g/mol. The lowest BCUT2D eigenvalue weighted by Crippen LogP contribution is -2.37. The molecule has 2 heterocycles. The fourth-order valence-corrected chi connectivity index (χ4v) is 4.30. The van der Waals surface area contributed by atoms with Crippen LogP contribution in [-0.4, -0.2) is 49.8 Å². The lowest BCUT2D eigenvalue weighted by atomic mass is 10.1. The topological polar surface area (TPSA) is 107 Å². The van der Waals surface area contributed by atoms with Crippen molar-refractivity contribution in [1.82, 2.24) is 4.90 Å². The SMILES string of the molecule is COc1ccc(NC(=O)CC2C(=O)N(c3cccc(OC)c3)C(=O)N2Cc2ccc3c(c2)OCO3)cc1. The summed E-state index contributed by atoms with van der Waals surface area (Å²) in [5.41, 5.74) is 1.65. The second-order valence-corrected chi connectivity index (χ2v) is 8.47. The van der Waals surface area contributed by atoms with E-state index in [2.05, 4.69) is 5.32 Å². The Morgan fingerprint density at radius 3 is 2.46 bits per heavy atom. The molecule has 10 nitrogen and oxygen atoms in total. The third-order valence-corrected chi connectivity index (χ3v) is 6.17. The molecule has 10 heteroatoms. The van der Waals surface area contributed by atoms with Crippen LogP contribution in [0, 0.1) is 0 Å². The molecule has 1 unspecified atom stereocenters. The second kappa shape index (κ2) is 10.1. The number of hydrogen-bond acceptors (Lipinski definition) is 7. The van der Waals surface area contributed by atoms with E-state index in [0.717, 1.165) is 10.5 Å². The van der Waals surface area contributed by atoms with Gasteiger partial charge in [0.25, 0.3) is 5.91 Å². The Morgan fingerprint density at radius 2 is 1.70 bits per heavy atom. The zero-order chi connectivity index (χ0) is 25.9. The summed E-state index contributed by atoms with van der Waals surface area (Å²) in [7, 11) is 3.06. The number of methoxy groups -OCH3 is 2. The van der Waals surface area contributed by atoms with E-state index in [9.17, 15) is 14.4 Å². The summed E-state index contributed by atoms with van der Waals surface area (Å²) in [4.78, 5) is 42.6. The smallest absolute Gasteiger partial charge is 0.332 e. The molecule has 0 aliphatic carbocycles. The van der Waals surface area contributed by atoms with Gasteiger partial charge in [0.2, 0.25) is 12.7 Å². The Hall–Kier alpha value is -4.73. The van der Waals surface area contributed by atoms with Crippen molar-refractivity contribution >= 4 is 29.2 Å². The predicted octanol–water partition coefficient (Wildman–Crippen LogP) is 3.80. The summed E-state index contributed by atoms with van der Waals surface area (Å²) in [6.07, 6.45) is -0.221. The highest BCUT2D eigenvalue weighted by Gasteiger charge is 2.46. The van der Waals surface area contributed by atoms with Gasteiger partial charge in [-0.25, -0.2) is 9.69 Å². The van der Waals surface area contributed by atoms with Crippen molar-refractivity contribution in [2.24, 2.45) is 0 Å². The van der Waals surface area contributed by atoms with Crippen molar-refractivity contribution in [3.05, 3.63) is 72.3 Å². The van der Waals surface area contributed by atoms with Crippen molar-refractivity contribution in [2.45, 2.75) is 19.0 Å². The number of carbonyl (C=O) groups is 3. The number of nitrogens with zero attached hydrogens (tertiary/aromatic N) is 2. The number of nitrogens with one attached hydrogen (secondary N) is 1. The number of imide groups is 1. The van der Waals surface area contributed by atoms with E-state index >= 15 is 0 Å². The van der Waals surface area contributed by atoms with Crippen LogP contribution in [-0.2, 0) is 16.1 Å². The molecule has 3 aromatic rings. The highest BCUT2D eigenvalue weighted by atomic mass is 16.7. The van der Waals surface area contributed by atoms with E-state index in [1.807, 2.05) is 0 Å². The quantitative estimate of drug-likeness (QED) is 0.466. The number of carbonyl (C=O) groups excluding carboxylic acids is 3. The molecular formula is C27H25N3O7. The van der Waals surface area contributed by atoms with Crippen LogP contribution in [0.5, 0.6) is 23.0 Å². The maximum Gasteiger partial charge on any atom is 0.332 e. The Morgan fingerprint density at radius 1 is 0.946 bits per heavy atom. The van der Waals surface area contributed by atoms with Gasteiger partial charge in [-0.1, -0.05) is 12.1 Å². The molecule has 0 bridgehead atoms. The van der Waals surface area contributed by atoms with E-state index in [-0.39, 0.29) is 19.8 Å². The number of hydrogen-bond donors (Lipinski definition) is 1. The minimum absolute atomic E-state index is 0.0994. The predicted molar refractivity (Wildman–Crippen MR) is 134 cm³/mol. The summed E-state index contributed by atoms with van der Waals surface area (Å²) in [5.74, 6) is 1.43. The minimum Gasteiger partial charge on any atom is -0.497 e. The summed E-state index contributed by atoms with van der Waals surface area (Å²) in [6, 6.07) is 17.3. The standard InChI is InChI=1S/C27H25N3O7/c1-34-20-9-7-18(8-10-20)28-25(31)14-22-26(32)30(19-4-3-5-21(13-19)35-2)27(33)29(22)15-17-6-11-23-24(12-17)37-16-36-23/h3-13,22H,14-16H2,1-2H3,(H,28,31). The molecule has 0 aromatic heterocycles. The number of rotatable bonds is 8. The molecule has 1 atom stereocenters. The van der Waals surface area contributed by atoms with Gasteiger partial charge in [-0.15, -0.1) is 0 Å². The Bertz CT molecular complexity index is 1340. The van der Waals surface area contributed by atoms with Gasteiger partial charge < -0.3 is 29.2 Å². The maximum atomic E-state index is 13.6. The van der Waals surface area contributed by atoms with E-state index < -0.39 is 23.9 Å². The number of ether oxygens (including phenoxy) is 4. The Kier molecular flexibility index (Phi) is 6.55. The molecule has 0 saturated carbocycles. The summed E-state index contributed by atoms with van der Waals surface area (Å²) in [5, 5.41) is 2.79. The van der Waals surface area contributed by atoms with E-state index in [4.69, 9.17) is 18.9 Å². The maximum absolute atomic E-state index is 13.6. The van der Waals surface area contributed by atoms with Crippen LogP contribution in [0.3, 0.4) is 0 Å². The molecule has 190 valence electrons. The fraction of sp³-hybridized carbons (Fsp3) is 0.222. The molecule has 3 aromatic carbocycles. The molecule has 1 saturated heterocycles. The fourth-order valence-electron chi connectivity index (χ4n) is 4.30. The zero-order valence-electron chi connectivity index (χ0n) is 20.3. The van der Waals surface area contributed by atoms with E-state index in [0.29, 0.717) is 34.4 Å². The van der Waals surface area contributed by atoms with Crippen LogP contribution in [0.4, 0.5) is 16.2 Å².